The van der Waals surface area contributed by atoms with Crippen molar-refractivity contribution in [3.05, 3.63) is 0 Å². The van der Waals surface area contributed by atoms with E-state index < -0.39 is 0 Å². The molecule has 1 aliphatic carbocycles. The molecular weight excluding hydrogens is 148 g/mol. The largest absolute Gasteiger partial charge is 0.328 e. The van der Waals surface area contributed by atoms with Gasteiger partial charge in [0.1, 0.15) is 0 Å². The SMILES string of the molecule is CC(N)CC(C1CCC1)N(C)C. The van der Waals surface area contributed by atoms with E-state index >= 15 is 0 Å². The summed E-state index contributed by atoms with van der Waals surface area (Å²) < 4.78 is 0. The van der Waals surface area contributed by atoms with E-state index in [-0.39, 0.29) is 0 Å². The highest BCUT2D eigenvalue weighted by Crippen LogP contribution is 2.33. The van der Waals surface area contributed by atoms with Crippen molar-refractivity contribution in [2.45, 2.75) is 44.7 Å². The molecule has 0 saturated heterocycles. The monoisotopic (exact) mass is 170 g/mol. The topological polar surface area (TPSA) is 29.3 Å². The number of rotatable bonds is 4. The van der Waals surface area contributed by atoms with Gasteiger partial charge in [0.05, 0.1) is 0 Å². The molecule has 0 heterocycles. The summed E-state index contributed by atoms with van der Waals surface area (Å²) in [5, 5.41) is 0. The summed E-state index contributed by atoms with van der Waals surface area (Å²) in [7, 11) is 4.34. The van der Waals surface area contributed by atoms with Gasteiger partial charge in [0, 0.05) is 12.1 Å². The van der Waals surface area contributed by atoms with Crippen LogP contribution in [-0.4, -0.2) is 31.1 Å². The Labute approximate surface area is 76.1 Å². The maximum Gasteiger partial charge on any atom is 0.0132 e. The maximum absolute atomic E-state index is 5.82. The molecule has 0 aromatic carbocycles. The average Bonchev–Trinajstić information content (AvgIpc) is 1.80. The molecule has 0 aromatic rings. The van der Waals surface area contributed by atoms with E-state index in [9.17, 15) is 0 Å². The number of hydrogen-bond donors (Lipinski definition) is 1. The Morgan fingerprint density at radius 2 is 2.00 bits per heavy atom. The smallest absolute Gasteiger partial charge is 0.0132 e. The lowest BCUT2D eigenvalue weighted by molar-refractivity contribution is 0.128. The average molecular weight is 170 g/mol. The van der Waals surface area contributed by atoms with Gasteiger partial charge in [0.25, 0.3) is 0 Å². The third-order valence-corrected chi connectivity index (χ3v) is 2.97. The number of nitrogens with two attached hydrogens (primary N) is 1. The minimum Gasteiger partial charge on any atom is -0.328 e. The molecular formula is C10H22N2. The van der Waals surface area contributed by atoms with Crippen molar-refractivity contribution in [1.82, 2.24) is 4.90 Å². The van der Waals surface area contributed by atoms with Crippen LogP contribution in [0.2, 0.25) is 0 Å². The van der Waals surface area contributed by atoms with E-state index in [1.807, 2.05) is 0 Å². The molecule has 2 nitrogen and oxygen atoms in total. The highest BCUT2D eigenvalue weighted by Gasteiger charge is 2.28. The van der Waals surface area contributed by atoms with Crippen molar-refractivity contribution in [3.8, 4) is 0 Å². The molecule has 2 unspecified atom stereocenters. The van der Waals surface area contributed by atoms with Gasteiger partial charge in [-0.2, -0.15) is 0 Å². The van der Waals surface area contributed by atoms with Crippen LogP contribution in [0.3, 0.4) is 0 Å². The van der Waals surface area contributed by atoms with E-state index in [0.29, 0.717) is 6.04 Å². The summed E-state index contributed by atoms with van der Waals surface area (Å²) in [5.74, 6) is 0.922. The van der Waals surface area contributed by atoms with Gasteiger partial charge in [-0.05, 0) is 46.2 Å². The second-order valence-electron chi connectivity index (χ2n) is 4.43. The summed E-state index contributed by atoms with van der Waals surface area (Å²) in [6, 6.07) is 1.07. The van der Waals surface area contributed by atoms with Crippen LogP contribution in [0, 0.1) is 5.92 Å². The zero-order chi connectivity index (χ0) is 9.14. The molecule has 1 fully saturated rings. The summed E-state index contributed by atoms with van der Waals surface area (Å²) >= 11 is 0. The van der Waals surface area contributed by atoms with Gasteiger partial charge >= 0.3 is 0 Å². The van der Waals surface area contributed by atoms with E-state index in [1.54, 1.807) is 0 Å². The van der Waals surface area contributed by atoms with E-state index in [0.717, 1.165) is 18.4 Å². The molecule has 1 aliphatic rings. The summed E-state index contributed by atoms with van der Waals surface area (Å²) in [4.78, 5) is 2.34. The quantitative estimate of drug-likeness (QED) is 0.692. The van der Waals surface area contributed by atoms with E-state index in [2.05, 4.69) is 25.9 Å². The zero-order valence-corrected chi connectivity index (χ0v) is 8.59. The molecule has 0 spiro atoms. The van der Waals surface area contributed by atoms with Crippen LogP contribution >= 0.6 is 0 Å². The first-order valence-electron chi connectivity index (χ1n) is 5.03. The van der Waals surface area contributed by atoms with Crippen LogP contribution in [0.5, 0.6) is 0 Å². The molecule has 1 rings (SSSR count). The van der Waals surface area contributed by atoms with Gasteiger partial charge in [-0.25, -0.2) is 0 Å². The molecule has 0 bridgehead atoms. The summed E-state index contributed by atoms with van der Waals surface area (Å²) in [6.45, 7) is 2.11. The minimum atomic E-state index is 0.345. The first-order chi connectivity index (χ1) is 5.61. The van der Waals surface area contributed by atoms with Gasteiger partial charge in [0.2, 0.25) is 0 Å². The third-order valence-electron chi connectivity index (χ3n) is 2.97. The zero-order valence-electron chi connectivity index (χ0n) is 8.59. The number of hydrogen-bond acceptors (Lipinski definition) is 2. The molecule has 12 heavy (non-hydrogen) atoms. The minimum absolute atomic E-state index is 0.345. The van der Waals surface area contributed by atoms with Gasteiger partial charge < -0.3 is 10.6 Å². The predicted molar refractivity (Wildman–Crippen MR) is 53.1 cm³/mol. The van der Waals surface area contributed by atoms with Gasteiger partial charge in [-0.15, -0.1) is 0 Å². The first-order valence-corrected chi connectivity index (χ1v) is 5.03. The lowest BCUT2D eigenvalue weighted by atomic mass is 9.77. The second-order valence-corrected chi connectivity index (χ2v) is 4.43. The van der Waals surface area contributed by atoms with Gasteiger partial charge in [-0.3, -0.25) is 0 Å². The Hall–Kier alpha value is -0.0800. The molecule has 0 aromatic heterocycles. The van der Waals surface area contributed by atoms with Crippen LogP contribution in [0.4, 0.5) is 0 Å². The van der Waals surface area contributed by atoms with Crippen LogP contribution < -0.4 is 5.73 Å². The predicted octanol–water partition coefficient (Wildman–Crippen LogP) is 1.45. The fourth-order valence-corrected chi connectivity index (χ4v) is 2.03. The van der Waals surface area contributed by atoms with Crippen LogP contribution in [0.25, 0.3) is 0 Å². The van der Waals surface area contributed by atoms with Crippen LogP contribution in [0.1, 0.15) is 32.6 Å². The van der Waals surface area contributed by atoms with E-state index in [1.165, 1.54) is 19.3 Å². The van der Waals surface area contributed by atoms with Crippen molar-refractivity contribution >= 4 is 0 Å². The van der Waals surface area contributed by atoms with Crippen molar-refractivity contribution in [2.75, 3.05) is 14.1 Å². The van der Waals surface area contributed by atoms with Gasteiger partial charge in [-0.1, -0.05) is 6.42 Å². The van der Waals surface area contributed by atoms with Crippen LogP contribution in [0.15, 0.2) is 0 Å². The maximum atomic E-state index is 5.82. The van der Waals surface area contributed by atoms with E-state index in [4.69, 9.17) is 5.73 Å². The Kier molecular flexibility index (Phi) is 3.53. The second kappa shape index (κ2) is 4.24. The number of nitrogens with zero attached hydrogens (tertiary/aromatic N) is 1. The Balaban J connectivity index is 2.37. The van der Waals surface area contributed by atoms with Gasteiger partial charge in [0.15, 0.2) is 0 Å². The molecule has 2 N–H and O–H groups in total. The summed E-state index contributed by atoms with van der Waals surface area (Å²) in [5.41, 5.74) is 5.82. The molecule has 0 aliphatic heterocycles. The Morgan fingerprint density at radius 1 is 1.42 bits per heavy atom. The molecule has 0 radical (unpaired) electrons. The molecule has 0 amide bonds. The van der Waals surface area contributed by atoms with Crippen molar-refractivity contribution in [2.24, 2.45) is 11.7 Å². The normalized spacial score (nSPS) is 23.8. The molecule has 72 valence electrons. The van der Waals surface area contributed by atoms with Crippen molar-refractivity contribution < 1.29 is 0 Å². The lowest BCUT2D eigenvalue weighted by Crippen LogP contribution is -2.42. The third kappa shape index (κ3) is 2.46. The van der Waals surface area contributed by atoms with Crippen LogP contribution in [-0.2, 0) is 0 Å². The van der Waals surface area contributed by atoms with Crippen molar-refractivity contribution in [1.29, 1.82) is 0 Å². The molecule has 2 heteroatoms. The van der Waals surface area contributed by atoms with Crippen molar-refractivity contribution in [3.63, 3.8) is 0 Å². The molecule has 2 atom stereocenters. The Morgan fingerprint density at radius 3 is 2.25 bits per heavy atom. The first kappa shape index (κ1) is 10.0. The standard InChI is InChI=1S/C10H22N2/c1-8(11)7-10(12(2)3)9-5-4-6-9/h8-10H,4-7,11H2,1-3H3. The highest BCUT2D eigenvalue weighted by molar-refractivity contribution is 4.84. The fraction of sp³-hybridized carbons (Fsp3) is 1.00. The Bertz CT molecular complexity index is 128. The lowest BCUT2D eigenvalue weighted by Gasteiger charge is -2.38. The fourth-order valence-electron chi connectivity index (χ4n) is 2.03. The molecule has 1 saturated carbocycles. The summed E-state index contributed by atoms with van der Waals surface area (Å²) in [6.07, 6.45) is 5.40. The highest BCUT2D eigenvalue weighted by atomic mass is 15.1.